The molecule has 0 spiro atoms. The Labute approximate surface area is 193 Å². The largest absolute Gasteiger partial charge is 0.480 e. The molecule has 3 rings (SSSR count). The molecule has 2 aromatic rings. The first-order chi connectivity index (χ1) is 15.3. The van der Waals surface area contributed by atoms with E-state index in [-0.39, 0.29) is 28.5 Å². The summed E-state index contributed by atoms with van der Waals surface area (Å²) in [4.78, 5) is 11.8. The molecule has 1 aromatic heterocycles. The number of carbonyl (C=O) groups is 1. The molecule has 0 saturated heterocycles. The van der Waals surface area contributed by atoms with Crippen molar-refractivity contribution in [2.75, 3.05) is 12.4 Å². The lowest BCUT2D eigenvalue weighted by Gasteiger charge is -2.18. The van der Waals surface area contributed by atoms with Crippen LogP contribution in [0.2, 0.25) is 13.1 Å². The third-order valence-corrected chi connectivity index (χ3v) is 8.98. The molecule has 0 unspecified atom stereocenters. The summed E-state index contributed by atoms with van der Waals surface area (Å²) in [6, 6.07) is 7.14. The van der Waals surface area contributed by atoms with Crippen LogP contribution in [0.15, 0.2) is 41.6 Å². The van der Waals surface area contributed by atoms with Crippen LogP contribution in [0.5, 0.6) is 0 Å². The molecule has 32 heavy (non-hydrogen) atoms. The minimum absolute atomic E-state index is 0.0746. The fourth-order valence-electron chi connectivity index (χ4n) is 3.79. The summed E-state index contributed by atoms with van der Waals surface area (Å²) in [5.74, 6) is -1.58. The predicted octanol–water partition coefficient (Wildman–Crippen LogP) is 2.67. The lowest BCUT2D eigenvalue weighted by molar-refractivity contribution is -0.697. The number of rotatable bonds is 11. The van der Waals surface area contributed by atoms with Gasteiger partial charge in [-0.3, -0.25) is 4.79 Å². The lowest BCUT2D eigenvalue weighted by atomic mass is 9.80. The van der Waals surface area contributed by atoms with Crippen LogP contribution in [0.4, 0.5) is 8.78 Å². The molecule has 0 saturated carbocycles. The molecular formula is C22H29BF2NO4SSi+. The van der Waals surface area contributed by atoms with E-state index in [1.165, 1.54) is 0 Å². The number of aryl methyl sites for hydroxylation is 1. The lowest BCUT2D eigenvalue weighted by Crippen LogP contribution is -2.46. The number of unbranched alkanes of at least 4 members (excludes halogenated alkanes) is 3. The number of nitrogens with zero attached hydrogens (tertiary/aromatic N) is 1. The summed E-state index contributed by atoms with van der Waals surface area (Å²) < 4.78 is 42.2. The number of esters is 1. The zero-order chi connectivity index (χ0) is 23.1. The summed E-state index contributed by atoms with van der Waals surface area (Å²) in [5.41, 5.74) is 0.169. The zero-order valence-corrected chi connectivity index (χ0v) is 20.3. The summed E-state index contributed by atoms with van der Waals surface area (Å²) in [6.07, 6.45) is 8.07. The second-order valence-corrected chi connectivity index (χ2v) is 13.2. The van der Waals surface area contributed by atoms with E-state index in [1.807, 2.05) is 30.6 Å². The van der Waals surface area contributed by atoms with E-state index in [1.54, 1.807) is 13.1 Å². The molecule has 1 aromatic carbocycles. The standard InChI is InChI=1S/C22H29BF2NO4SSi/c1-32(2)22-17(23(28)30-32)16-18(24)21(20(22)25)31-15-10-19(27)29-14-9-4-3-6-11-26-12-7-5-8-13-26/h5,7-8,12-13,16,28H,3-4,6,9-11,14-15H2,1-2H3/q+1. The van der Waals surface area contributed by atoms with Crippen LogP contribution in [-0.4, -0.2) is 38.8 Å². The van der Waals surface area contributed by atoms with Crippen LogP contribution in [-0.2, 0) is 20.4 Å². The maximum atomic E-state index is 15.0. The van der Waals surface area contributed by atoms with Crippen molar-refractivity contribution >= 4 is 43.8 Å². The van der Waals surface area contributed by atoms with E-state index in [4.69, 9.17) is 9.08 Å². The molecule has 10 heteroatoms. The molecule has 1 N–H and O–H groups in total. The quantitative estimate of drug-likeness (QED) is 0.176. The predicted molar refractivity (Wildman–Crippen MR) is 124 cm³/mol. The van der Waals surface area contributed by atoms with Gasteiger partial charge < -0.3 is 14.1 Å². The third-order valence-electron chi connectivity index (χ3n) is 5.38. The normalized spacial score (nSPS) is 14.5. The van der Waals surface area contributed by atoms with Gasteiger partial charge in [0.1, 0.15) is 18.2 Å². The average Bonchev–Trinajstić information content (AvgIpc) is 2.98. The molecule has 0 amide bonds. The van der Waals surface area contributed by atoms with Crippen molar-refractivity contribution < 1.29 is 32.2 Å². The van der Waals surface area contributed by atoms with Gasteiger partial charge in [0.25, 0.3) is 0 Å². The third kappa shape index (κ3) is 6.40. The fraction of sp³-hybridized carbons (Fsp3) is 0.455. The van der Waals surface area contributed by atoms with Crippen molar-refractivity contribution in [1.82, 2.24) is 0 Å². The highest BCUT2D eigenvalue weighted by Gasteiger charge is 2.46. The minimum Gasteiger partial charge on any atom is -0.466 e. The van der Waals surface area contributed by atoms with E-state index in [9.17, 15) is 18.6 Å². The smallest absolute Gasteiger partial charge is 0.466 e. The average molecular weight is 480 g/mol. The molecule has 1 aliphatic rings. The second-order valence-electron chi connectivity index (χ2n) is 8.29. The topological polar surface area (TPSA) is 59.6 Å². The summed E-state index contributed by atoms with van der Waals surface area (Å²) in [6.45, 7) is 4.85. The monoisotopic (exact) mass is 480 g/mol. The van der Waals surface area contributed by atoms with Gasteiger partial charge in [-0.2, -0.15) is 0 Å². The Morgan fingerprint density at radius 2 is 1.91 bits per heavy atom. The molecule has 1 aliphatic heterocycles. The first-order valence-corrected chi connectivity index (χ1v) is 14.8. The van der Waals surface area contributed by atoms with Gasteiger partial charge in [-0.25, -0.2) is 13.3 Å². The number of thioether (sulfide) groups is 1. The maximum absolute atomic E-state index is 15.0. The number of aromatic nitrogens is 1. The highest BCUT2D eigenvalue weighted by atomic mass is 32.2. The Morgan fingerprint density at radius 1 is 1.19 bits per heavy atom. The van der Waals surface area contributed by atoms with E-state index in [0.29, 0.717) is 11.8 Å². The van der Waals surface area contributed by atoms with Gasteiger partial charge in [-0.05, 0) is 43.9 Å². The van der Waals surface area contributed by atoms with E-state index in [0.717, 1.165) is 50.1 Å². The number of halogens is 2. The molecule has 0 bridgehead atoms. The van der Waals surface area contributed by atoms with Crippen LogP contribution < -0.4 is 15.2 Å². The second kappa shape index (κ2) is 11.4. The molecule has 0 radical (unpaired) electrons. The Morgan fingerprint density at radius 3 is 2.66 bits per heavy atom. The Bertz CT molecular complexity index is 936. The minimum atomic E-state index is -2.63. The van der Waals surface area contributed by atoms with Crippen molar-refractivity contribution in [2.24, 2.45) is 0 Å². The van der Waals surface area contributed by atoms with Crippen LogP contribution >= 0.6 is 11.8 Å². The summed E-state index contributed by atoms with van der Waals surface area (Å²) >= 11 is 0.950. The van der Waals surface area contributed by atoms with Crippen molar-refractivity contribution in [1.29, 1.82) is 0 Å². The number of carbonyl (C=O) groups excluding carboxylic acids is 1. The van der Waals surface area contributed by atoms with Crippen molar-refractivity contribution in [3.8, 4) is 0 Å². The van der Waals surface area contributed by atoms with E-state index in [2.05, 4.69) is 4.57 Å². The van der Waals surface area contributed by atoms with Crippen molar-refractivity contribution in [3.05, 3.63) is 48.3 Å². The van der Waals surface area contributed by atoms with Crippen LogP contribution in [0.1, 0.15) is 32.1 Å². The molecular weight excluding hydrogens is 451 g/mol. The number of hydrogen-bond donors (Lipinski definition) is 1. The number of hydrogen-bond acceptors (Lipinski definition) is 5. The van der Waals surface area contributed by atoms with Gasteiger partial charge in [-0.15, -0.1) is 11.8 Å². The Kier molecular flexibility index (Phi) is 8.87. The highest BCUT2D eigenvalue weighted by molar-refractivity contribution is 7.99. The van der Waals surface area contributed by atoms with Gasteiger partial charge in [0.15, 0.2) is 12.4 Å². The number of pyridine rings is 1. The van der Waals surface area contributed by atoms with E-state index < -0.39 is 27.1 Å². The van der Waals surface area contributed by atoms with Crippen LogP contribution in [0.25, 0.3) is 0 Å². The fourth-order valence-corrected chi connectivity index (χ4v) is 7.12. The maximum Gasteiger partial charge on any atom is 0.480 e. The first kappa shape index (κ1) is 24.9. The highest BCUT2D eigenvalue weighted by Crippen LogP contribution is 2.27. The number of benzene rings is 1. The van der Waals surface area contributed by atoms with Gasteiger partial charge in [-0.1, -0.05) is 6.07 Å². The Balaban J connectivity index is 1.35. The summed E-state index contributed by atoms with van der Waals surface area (Å²) in [7, 11) is -3.92. The SMILES string of the molecule is C[Si]1(C)OB(O)c2cc(F)c(SCCC(=O)OCCCCCC[n+]3ccccc3)c(F)c21. The number of ether oxygens (including phenoxy) is 1. The van der Waals surface area contributed by atoms with Crippen LogP contribution in [0.3, 0.4) is 0 Å². The Hall–Kier alpha value is -1.75. The number of fused-ring (bicyclic) bond motifs is 1. The van der Waals surface area contributed by atoms with Gasteiger partial charge in [0.2, 0.25) is 8.32 Å². The molecule has 2 heterocycles. The van der Waals surface area contributed by atoms with Crippen LogP contribution in [0, 0.1) is 11.6 Å². The molecule has 172 valence electrons. The molecule has 5 nitrogen and oxygen atoms in total. The molecule has 0 fully saturated rings. The molecule has 0 atom stereocenters. The van der Waals surface area contributed by atoms with E-state index >= 15 is 0 Å². The first-order valence-electron chi connectivity index (χ1n) is 10.9. The van der Waals surface area contributed by atoms with Crippen molar-refractivity contribution in [2.45, 2.75) is 56.6 Å². The van der Waals surface area contributed by atoms with Gasteiger partial charge >= 0.3 is 13.1 Å². The van der Waals surface area contributed by atoms with Crippen molar-refractivity contribution in [3.63, 3.8) is 0 Å². The summed E-state index contributed by atoms with van der Waals surface area (Å²) in [5, 5.41) is 10.2. The van der Waals surface area contributed by atoms with Gasteiger partial charge in [0, 0.05) is 29.5 Å². The van der Waals surface area contributed by atoms with Gasteiger partial charge in [0.05, 0.1) is 17.9 Å². The zero-order valence-electron chi connectivity index (χ0n) is 18.5. The molecule has 0 aliphatic carbocycles.